The Kier molecular flexibility index (Phi) is 3.82. The third kappa shape index (κ3) is 3.69. The molecule has 0 aromatic carbocycles. The van der Waals surface area contributed by atoms with E-state index >= 15 is 0 Å². The fraction of sp³-hybridized carbons (Fsp3) is 0.625. The van der Waals surface area contributed by atoms with Crippen molar-refractivity contribution in [3.8, 4) is 0 Å². The number of carboxylic acid groups (broad SMARTS) is 1. The molecule has 0 aliphatic carbocycles. The van der Waals surface area contributed by atoms with Gasteiger partial charge >= 0.3 is 5.97 Å². The normalized spacial score (nSPS) is 12.4. The van der Waals surface area contributed by atoms with Crippen LogP contribution in [0.25, 0.3) is 0 Å². The van der Waals surface area contributed by atoms with Crippen LogP contribution < -0.4 is 5.32 Å². The number of nitrogens with one attached hydrogen (secondary N) is 1. The fourth-order valence-corrected chi connectivity index (χ4v) is 1.68. The van der Waals surface area contributed by atoms with Gasteiger partial charge in [0.15, 0.2) is 0 Å². The zero-order valence-electron chi connectivity index (χ0n) is 8.15. The molecule has 0 bridgehead atoms. The maximum absolute atomic E-state index is 10.3. The van der Waals surface area contributed by atoms with Crippen LogP contribution in [0.2, 0.25) is 0 Å². The highest BCUT2D eigenvalue weighted by Crippen LogP contribution is 2.15. The van der Waals surface area contributed by atoms with Gasteiger partial charge in [-0.05, 0) is 20.3 Å². The first-order valence-electron chi connectivity index (χ1n) is 4.36. The summed E-state index contributed by atoms with van der Waals surface area (Å²) in [4.78, 5) is 10.3. The van der Waals surface area contributed by atoms with E-state index in [1.54, 1.807) is 0 Å². The van der Waals surface area contributed by atoms with E-state index in [1.807, 2.05) is 13.8 Å². The molecule has 0 aliphatic heterocycles. The van der Waals surface area contributed by atoms with Crippen molar-refractivity contribution in [3.05, 3.63) is 5.01 Å². The quantitative estimate of drug-likeness (QED) is 0.778. The molecule has 0 spiro atoms. The van der Waals surface area contributed by atoms with Gasteiger partial charge in [0.1, 0.15) is 5.01 Å². The van der Waals surface area contributed by atoms with Crippen LogP contribution in [0.3, 0.4) is 0 Å². The van der Waals surface area contributed by atoms with E-state index < -0.39 is 5.97 Å². The zero-order chi connectivity index (χ0) is 10.6. The molecule has 78 valence electrons. The topological polar surface area (TPSA) is 75.1 Å². The Hall–Kier alpha value is -1.17. The summed E-state index contributed by atoms with van der Waals surface area (Å²) < 4.78 is 0. The predicted octanol–water partition coefficient (Wildman–Crippen LogP) is 1.51. The van der Waals surface area contributed by atoms with Gasteiger partial charge in [-0.15, -0.1) is 10.2 Å². The zero-order valence-corrected chi connectivity index (χ0v) is 8.97. The summed E-state index contributed by atoms with van der Waals surface area (Å²) in [5.74, 6) is -0.771. The molecule has 1 atom stereocenters. The van der Waals surface area contributed by atoms with Crippen molar-refractivity contribution >= 4 is 22.4 Å². The molecule has 1 unspecified atom stereocenters. The highest BCUT2D eigenvalue weighted by Gasteiger charge is 2.07. The molecule has 14 heavy (non-hydrogen) atoms. The first kappa shape index (κ1) is 10.9. The number of carbonyl (C=O) groups is 1. The average molecular weight is 215 g/mol. The first-order valence-corrected chi connectivity index (χ1v) is 5.18. The Bertz CT molecular complexity index is 313. The molecular weight excluding hydrogens is 202 g/mol. The molecule has 1 aromatic rings. The van der Waals surface area contributed by atoms with Crippen molar-refractivity contribution in [2.45, 2.75) is 32.7 Å². The van der Waals surface area contributed by atoms with Gasteiger partial charge in [0, 0.05) is 12.5 Å². The fourth-order valence-electron chi connectivity index (χ4n) is 0.978. The van der Waals surface area contributed by atoms with Gasteiger partial charge in [0.05, 0.1) is 0 Å². The SMILES string of the molecule is Cc1nnc(NC(C)CCC(=O)O)s1. The molecule has 5 nitrogen and oxygen atoms in total. The number of hydrogen-bond donors (Lipinski definition) is 2. The van der Waals surface area contributed by atoms with Gasteiger partial charge in [0.2, 0.25) is 5.13 Å². The number of aromatic nitrogens is 2. The average Bonchev–Trinajstić information content (AvgIpc) is 2.48. The predicted molar refractivity (Wildman–Crippen MR) is 54.6 cm³/mol. The van der Waals surface area contributed by atoms with Crippen LogP contribution in [0.1, 0.15) is 24.8 Å². The Morgan fingerprint density at radius 1 is 1.64 bits per heavy atom. The van der Waals surface area contributed by atoms with Crippen LogP contribution in [0.15, 0.2) is 0 Å². The second-order valence-corrected chi connectivity index (χ2v) is 4.29. The maximum atomic E-state index is 10.3. The second-order valence-electron chi connectivity index (χ2n) is 3.10. The van der Waals surface area contributed by atoms with E-state index in [0.717, 1.165) is 10.1 Å². The largest absolute Gasteiger partial charge is 0.481 e. The van der Waals surface area contributed by atoms with Gasteiger partial charge in [-0.1, -0.05) is 11.3 Å². The highest BCUT2D eigenvalue weighted by atomic mass is 32.1. The van der Waals surface area contributed by atoms with E-state index in [0.29, 0.717) is 6.42 Å². The summed E-state index contributed by atoms with van der Waals surface area (Å²) in [5.41, 5.74) is 0. The molecule has 1 aromatic heterocycles. The van der Waals surface area contributed by atoms with Gasteiger partial charge in [-0.25, -0.2) is 0 Å². The molecule has 0 saturated carbocycles. The van der Waals surface area contributed by atoms with Crippen molar-refractivity contribution in [3.63, 3.8) is 0 Å². The molecule has 0 saturated heterocycles. The molecule has 0 amide bonds. The summed E-state index contributed by atoms with van der Waals surface area (Å²) in [6.45, 7) is 3.81. The van der Waals surface area contributed by atoms with Crippen LogP contribution in [-0.2, 0) is 4.79 Å². The van der Waals surface area contributed by atoms with E-state index in [9.17, 15) is 4.79 Å². The Morgan fingerprint density at radius 3 is 2.86 bits per heavy atom. The summed E-state index contributed by atoms with van der Waals surface area (Å²) in [6, 6.07) is 0.110. The van der Waals surface area contributed by atoms with Gasteiger partial charge < -0.3 is 10.4 Å². The van der Waals surface area contributed by atoms with E-state index in [1.165, 1.54) is 11.3 Å². The minimum Gasteiger partial charge on any atom is -0.481 e. The number of aryl methyl sites for hydroxylation is 1. The third-order valence-electron chi connectivity index (χ3n) is 1.69. The number of nitrogens with zero attached hydrogens (tertiary/aromatic N) is 2. The Morgan fingerprint density at radius 2 is 2.36 bits per heavy atom. The highest BCUT2D eigenvalue weighted by molar-refractivity contribution is 7.15. The Labute approximate surface area is 86.2 Å². The summed E-state index contributed by atoms with van der Waals surface area (Å²) >= 11 is 1.47. The molecular formula is C8H13N3O2S. The standard InChI is InChI=1S/C8H13N3O2S/c1-5(3-4-7(12)13)9-8-11-10-6(2)14-8/h5H,3-4H2,1-2H3,(H,9,11)(H,12,13). The lowest BCUT2D eigenvalue weighted by molar-refractivity contribution is -0.137. The van der Waals surface area contributed by atoms with Crippen molar-refractivity contribution in [2.24, 2.45) is 0 Å². The lowest BCUT2D eigenvalue weighted by Gasteiger charge is -2.09. The molecule has 6 heteroatoms. The lowest BCUT2D eigenvalue weighted by Crippen LogP contribution is -2.16. The summed E-state index contributed by atoms with van der Waals surface area (Å²) in [7, 11) is 0. The van der Waals surface area contributed by atoms with Crippen LogP contribution in [0, 0.1) is 6.92 Å². The molecule has 2 N–H and O–H groups in total. The van der Waals surface area contributed by atoms with Crippen molar-refractivity contribution in [2.75, 3.05) is 5.32 Å². The van der Waals surface area contributed by atoms with Crippen LogP contribution in [0.5, 0.6) is 0 Å². The van der Waals surface area contributed by atoms with Crippen LogP contribution >= 0.6 is 11.3 Å². The molecule has 0 aliphatic rings. The lowest BCUT2D eigenvalue weighted by atomic mass is 10.2. The third-order valence-corrected chi connectivity index (χ3v) is 2.46. The number of rotatable bonds is 5. The monoisotopic (exact) mass is 215 g/mol. The summed E-state index contributed by atoms with van der Waals surface area (Å²) in [5, 5.41) is 21.0. The van der Waals surface area contributed by atoms with Gasteiger partial charge in [0.25, 0.3) is 0 Å². The van der Waals surface area contributed by atoms with Crippen molar-refractivity contribution in [1.82, 2.24) is 10.2 Å². The number of aliphatic carboxylic acids is 1. The first-order chi connectivity index (χ1) is 6.58. The smallest absolute Gasteiger partial charge is 0.303 e. The second kappa shape index (κ2) is 4.90. The van der Waals surface area contributed by atoms with Crippen LogP contribution in [0.4, 0.5) is 5.13 Å². The number of carboxylic acids is 1. The minimum atomic E-state index is -0.771. The molecule has 1 heterocycles. The molecule has 0 fully saturated rings. The maximum Gasteiger partial charge on any atom is 0.303 e. The minimum absolute atomic E-state index is 0.110. The van der Waals surface area contributed by atoms with Crippen molar-refractivity contribution in [1.29, 1.82) is 0 Å². The van der Waals surface area contributed by atoms with Gasteiger partial charge in [-0.3, -0.25) is 4.79 Å². The molecule has 1 rings (SSSR count). The van der Waals surface area contributed by atoms with E-state index in [4.69, 9.17) is 5.11 Å². The number of anilines is 1. The molecule has 0 radical (unpaired) electrons. The van der Waals surface area contributed by atoms with Crippen LogP contribution in [-0.4, -0.2) is 27.3 Å². The van der Waals surface area contributed by atoms with E-state index in [2.05, 4.69) is 15.5 Å². The Balaban J connectivity index is 2.33. The van der Waals surface area contributed by atoms with Crippen molar-refractivity contribution < 1.29 is 9.90 Å². The number of hydrogen-bond acceptors (Lipinski definition) is 5. The van der Waals surface area contributed by atoms with Gasteiger partial charge in [-0.2, -0.15) is 0 Å². The van der Waals surface area contributed by atoms with E-state index in [-0.39, 0.29) is 12.5 Å². The summed E-state index contributed by atoms with van der Waals surface area (Å²) in [6.07, 6.45) is 0.764.